The van der Waals surface area contributed by atoms with Crippen LogP contribution in [0.3, 0.4) is 0 Å². The van der Waals surface area contributed by atoms with E-state index < -0.39 is 28.8 Å². The molecule has 1 heterocycles. The third-order valence-corrected chi connectivity index (χ3v) is 3.16. The van der Waals surface area contributed by atoms with Gasteiger partial charge in [-0.15, -0.1) is 0 Å². The quantitative estimate of drug-likeness (QED) is 0.459. The highest BCUT2D eigenvalue weighted by molar-refractivity contribution is 7.99. The average Bonchev–Trinajstić information content (AvgIpc) is 2.32. The summed E-state index contributed by atoms with van der Waals surface area (Å²) in [6.07, 6.45) is -4.67. The van der Waals surface area contributed by atoms with Crippen LogP contribution in [0.15, 0.2) is 34.2 Å². The van der Waals surface area contributed by atoms with Gasteiger partial charge in [0.05, 0.1) is 0 Å². The first-order chi connectivity index (χ1) is 9.25. The predicted octanol–water partition coefficient (Wildman–Crippen LogP) is 4.58. The van der Waals surface area contributed by atoms with Crippen LogP contribution >= 0.6 is 23.4 Å². The van der Waals surface area contributed by atoms with Crippen LogP contribution in [0, 0.1) is 11.6 Å². The number of halogens is 6. The van der Waals surface area contributed by atoms with E-state index in [1.165, 1.54) is 6.07 Å². The molecule has 0 fully saturated rings. The van der Waals surface area contributed by atoms with Crippen LogP contribution in [0.5, 0.6) is 0 Å². The lowest BCUT2D eigenvalue weighted by molar-refractivity contribution is -0.141. The maximum Gasteiger partial charge on any atom is 0.433 e. The van der Waals surface area contributed by atoms with Crippen LogP contribution in [0.4, 0.5) is 22.0 Å². The number of nitrogens with zero attached hydrogens (tertiary/aromatic N) is 2. The van der Waals surface area contributed by atoms with Crippen molar-refractivity contribution in [1.82, 2.24) is 9.97 Å². The fourth-order valence-electron chi connectivity index (χ4n) is 1.26. The summed E-state index contributed by atoms with van der Waals surface area (Å²) >= 11 is 6.12. The third-order valence-electron chi connectivity index (χ3n) is 2.08. The van der Waals surface area contributed by atoms with E-state index in [0.29, 0.717) is 17.8 Å². The molecule has 2 aromatic rings. The van der Waals surface area contributed by atoms with E-state index in [4.69, 9.17) is 11.6 Å². The molecule has 9 heteroatoms. The Balaban J connectivity index is 2.33. The SMILES string of the molecule is Fc1ccc(Sc2cc(C(F)(F)F)nc(Cl)n2)cc1F. The number of alkyl halides is 3. The monoisotopic (exact) mass is 326 g/mol. The van der Waals surface area contributed by atoms with Gasteiger partial charge in [0.25, 0.3) is 0 Å². The molecule has 106 valence electrons. The fourth-order valence-corrected chi connectivity index (χ4v) is 2.33. The van der Waals surface area contributed by atoms with Gasteiger partial charge in [-0.1, -0.05) is 11.8 Å². The third kappa shape index (κ3) is 3.57. The van der Waals surface area contributed by atoms with Gasteiger partial charge in [0, 0.05) is 11.0 Å². The smallest absolute Gasteiger partial charge is 0.213 e. The van der Waals surface area contributed by atoms with Crippen molar-refractivity contribution in [2.45, 2.75) is 16.1 Å². The van der Waals surface area contributed by atoms with Crippen molar-refractivity contribution in [2.75, 3.05) is 0 Å². The van der Waals surface area contributed by atoms with Crippen molar-refractivity contribution in [3.05, 3.63) is 46.9 Å². The number of hydrogen-bond donors (Lipinski definition) is 0. The standard InChI is InChI=1S/C11H4ClF5N2S/c12-10-18-8(11(15,16)17)4-9(19-10)20-5-1-2-6(13)7(14)3-5/h1-4H. The Labute approximate surface area is 119 Å². The molecule has 2 rings (SSSR count). The molecule has 0 aliphatic rings. The second-order valence-corrected chi connectivity index (χ2v) is 4.97. The Morgan fingerprint density at radius 3 is 2.30 bits per heavy atom. The minimum absolute atomic E-state index is 0.122. The zero-order chi connectivity index (χ0) is 14.9. The maximum absolute atomic E-state index is 13.0. The molecule has 0 atom stereocenters. The van der Waals surface area contributed by atoms with Gasteiger partial charge in [0.15, 0.2) is 17.3 Å². The fraction of sp³-hybridized carbons (Fsp3) is 0.0909. The Hall–Kier alpha value is -1.41. The summed E-state index contributed by atoms with van der Waals surface area (Å²) in [5, 5.41) is -0.701. The number of benzene rings is 1. The lowest BCUT2D eigenvalue weighted by Crippen LogP contribution is -2.09. The molecule has 20 heavy (non-hydrogen) atoms. The molecule has 1 aromatic carbocycles. The summed E-state index contributed by atoms with van der Waals surface area (Å²) < 4.78 is 63.4. The van der Waals surface area contributed by atoms with Gasteiger partial charge in [-0.3, -0.25) is 0 Å². The molecule has 0 amide bonds. The Bertz CT molecular complexity index is 647. The Kier molecular flexibility index (Phi) is 4.14. The summed E-state index contributed by atoms with van der Waals surface area (Å²) in [7, 11) is 0. The van der Waals surface area contributed by atoms with Gasteiger partial charge in [-0.2, -0.15) is 13.2 Å². The molecular weight excluding hydrogens is 323 g/mol. The van der Waals surface area contributed by atoms with Gasteiger partial charge in [0.2, 0.25) is 5.28 Å². The lowest BCUT2D eigenvalue weighted by Gasteiger charge is -2.08. The molecule has 1 aromatic heterocycles. The highest BCUT2D eigenvalue weighted by Gasteiger charge is 2.33. The normalized spacial score (nSPS) is 11.7. The molecular formula is C11H4ClF5N2S. The molecule has 0 spiro atoms. The molecule has 0 N–H and O–H groups in total. The molecule has 0 unspecified atom stereocenters. The van der Waals surface area contributed by atoms with Crippen LogP contribution in [0.1, 0.15) is 5.69 Å². The second-order valence-electron chi connectivity index (χ2n) is 3.54. The van der Waals surface area contributed by atoms with Crippen LogP contribution < -0.4 is 0 Å². The Morgan fingerprint density at radius 2 is 1.70 bits per heavy atom. The van der Waals surface area contributed by atoms with Crippen LogP contribution in [0.25, 0.3) is 0 Å². The molecule has 0 bridgehead atoms. The first kappa shape index (κ1) is 15.0. The van der Waals surface area contributed by atoms with Crippen molar-refractivity contribution < 1.29 is 22.0 Å². The van der Waals surface area contributed by atoms with Gasteiger partial charge in [0.1, 0.15) is 5.03 Å². The molecule has 0 radical (unpaired) electrons. The topological polar surface area (TPSA) is 25.8 Å². The molecule has 2 nitrogen and oxygen atoms in total. The predicted molar refractivity (Wildman–Crippen MR) is 62.5 cm³/mol. The second kappa shape index (κ2) is 5.53. The summed E-state index contributed by atoms with van der Waals surface area (Å²) in [4.78, 5) is 6.84. The minimum atomic E-state index is -4.67. The van der Waals surface area contributed by atoms with Gasteiger partial charge in [-0.25, -0.2) is 18.7 Å². The van der Waals surface area contributed by atoms with Gasteiger partial charge < -0.3 is 0 Å². The van der Waals surface area contributed by atoms with Crippen LogP contribution in [-0.4, -0.2) is 9.97 Å². The van der Waals surface area contributed by atoms with Crippen molar-refractivity contribution in [1.29, 1.82) is 0 Å². The van der Waals surface area contributed by atoms with E-state index in [1.807, 2.05) is 0 Å². The van der Waals surface area contributed by atoms with Crippen molar-refractivity contribution in [2.24, 2.45) is 0 Å². The molecule has 0 aliphatic heterocycles. The molecule has 0 saturated carbocycles. The van der Waals surface area contributed by atoms with Crippen molar-refractivity contribution >= 4 is 23.4 Å². The number of hydrogen-bond acceptors (Lipinski definition) is 3. The maximum atomic E-state index is 13.0. The molecule has 0 saturated heterocycles. The van der Waals surface area contributed by atoms with Gasteiger partial charge in [-0.05, 0) is 29.8 Å². The zero-order valence-electron chi connectivity index (χ0n) is 9.38. The van der Waals surface area contributed by atoms with E-state index in [1.54, 1.807) is 0 Å². The first-order valence-corrected chi connectivity index (χ1v) is 6.20. The average molecular weight is 327 g/mol. The highest BCUT2D eigenvalue weighted by atomic mass is 35.5. The van der Waals surface area contributed by atoms with Crippen molar-refractivity contribution in [3.8, 4) is 0 Å². The highest BCUT2D eigenvalue weighted by Crippen LogP contribution is 2.33. The Morgan fingerprint density at radius 1 is 1.00 bits per heavy atom. The minimum Gasteiger partial charge on any atom is -0.213 e. The number of rotatable bonds is 2. The summed E-state index contributed by atoms with van der Waals surface area (Å²) in [6.45, 7) is 0. The van der Waals surface area contributed by atoms with E-state index >= 15 is 0 Å². The van der Waals surface area contributed by atoms with Crippen LogP contribution in [-0.2, 0) is 6.18 Å². The van der Waals surface area contributed by atoms with E-state index in [9.17, 15) is 22.0 Å². The van der Waals surface area contributed by atoms with Crippen molar-refractivity contribution in [3.63, 3.8) is 0 Å². The number of aromatic nitrogens is 2. The van der Waals surface area contributed by atoms with E-state index in [0.717, 1.165) is 12.1 Å². The summed E-state index contributed by atoms with van der Waals surface area (Å²) in [6, 6.07) is 3.61. The summed E-state index contributed by atoms with van der Waals surface area (Å²) in [5.41, 5.74) is -1.21. The van der Waals surface area contributed by atoms with E-state index in [-0.39, 0.29) is 9.92 Å². The zero-order valence-corrected chi connectivity index (χ0v) is 11.0. The largest absolute Gasteiger partial charge is 0.433 e. The lowest BCUT2D eigenvalue weighted by atomic mass is 10.3. The molecule has 0 aliphatic carbocycles. The van der Waals surface area contributed by atoms with E-state index in [2.05, 4.69) is 9.97 Å². The van der Waals surface area contributed by atoms with Crippen LogP contribution in [0.2, 0.25) is 5.28 Å². The summed E-state index contributed by atoms with van der Waals surface area (Å²) in [5.74, 6) is -2.16. The van der Waals surface area contributed by atoms with Gasteiger partial charge >= 0.3 is 6.18 Å². The first-order valence-electron chi connectivity index (χ1n) is 5.00.